The van der Waals surface area contributed by atoms with E-state index < -0.39 is 5.91 Å². The second-order valence-corrected chi connectivity index (χ2v) is 7.20. The topological polar surface area (TPSA) is 122 Å². The number of carbonyl (C=O) groups excluding carboxylic acids is 1. The number of hydrogen-bond acceptors (Lipinski definition) is 7. The fourth-order valence-corrected chi connectivity index (χ4v) is 3.82. The van der Waals surface area contributed by atoms with Crippen molar-refractivity contribution in [3.05, 3.63) is 11.8 Å². The maximum atomic E-state index is 11.7. The Morgan fingerprint density at radius 3 is 2.58 bits per heavy atom. The molecule has 1 aromatic rings. The van der Waals surface area contributed by atoms with Crippen LogP contribution in [-0.2, 0) is 4.74 Å². The summed E-state index contributed by atoms with van der Waals surface area (Å²) in [6.45, 7) is 2.78. The van der Waals surface area contributed by atoms with Gasteiger partial charge in [0.15, 0.2) is 0 Å². The van der Waals surface area contributed by atoms with Gasteiger partial charge in [-0.05, 0) is 51.9 Å². The van der Waals surface area contributed by atoms with Gasteiger partial charge in [0.2, 0.25) is 5.95 Å². The minimum atomic E-state index is -0.560. The van der Waals surface area contributed by atoms with Crippen LogP contribution in [0.3, 0.4) is 0 Å². The van der Waals surface area contributed by atoms with E-state index in [1.54, 1.807) is 0 Å². The summed E-state index contributed by atoms with van der Waals surface area (Å²) in [4.78, 5) is 20.4. The van der Waals surface area contributed by atoms with Gasteiger partial charge < -0.3 is 26.2 Å². The molecule has 2 fully saturated rings. The summed E-state index contributed by atoms with van der Waals surface area (Å²) in [6, 6.07) is 0.389. The Labute approximate surface area is 153 Å². The van der Waals surface area contributed by atoms with Crippen LogP contribution in [0.25, 0.3) is 0 Å². The highest BCUT2D eigenvalue weighted by Gasteiger charge is 2.26. The van der Waals surface area contributed by atoms with Gasteiger partial charge in [0.05, 0.1) is 17.8 Å². The monoisotopic (exact) mass is 363 g/mol. The van der Waals surface area contributed by atoms with Gasteiger partial charge in [-0.2, -0.15) is 4.98 Å². The lowest BCUT2D eigenvalue weighted by molar-refractivity contribution is 0.0346. The molecule has 8 nitrogen and oxygen atoms in total. The first kappa shape index (κ1) is 18.8. The number of aliphatic hydroxyl groups is 1. The quantitative estimate of drug-likeness (QED) is 0.581. The first-order valence-corrected chi connectivity index (χ1v) is 9.54. The molecule has 8 heteroatoms. The minimum Gasteiger partial charge on any atom is -0.393 e. The van der Waals surface area contributed by atoms with Crippen LogP contribution in [0, 0.1) is 0 Å². The molecule has 2 saturated carbocycles. The lowest BCUT2D eigenvalue weighted by atomic mass is 9.93. The van der Waals surface area contributed by atoms with E-state index in [2.05, 4.69) is 20.6 Å². The minimum absolute atomic E-state index is 0.0903. The molecule has 26 heavy (non-hydrogen) atoms. The third-order valence-electron chi connectivity index (χ3n) is 5.21. The molecule has 0 aliphatic heterocycles. The number of carbonyl (C=O) groups is 1. The van der Waals surface area contributed by atoms with Crippen molar-refractivity contribution < 1.29 is 14.6 Å². The number of ether oxygens (including phenoxy) is 1. The SMILES string of the molecule is CCO[C@H]1CC[C@H](Nc2ncc(C(N)=O)c(N[C@@H]3CCC(O)C3)n2)CC1. The van der Waals surface area contributed by atoms with E-state index >= 15 is 0 Å². The van der Waals surface area contributed by atoms with Gasteiger partial charge in [-0.3, -0.25) is 4.79 Å². The van der Waals surface area contributed by atoms with Crippen LogP contribution in [0.1, 0.15) is 62.2 Å². The van der Waals surface area contributed by atoms with Gasteiger partial charge in [0, 0.05) is 24.9 Å². The lowest BCUT2D eigenvalue weighted by Gasteiger charge is -2.29. The van der Waals surface area contributed by atoms with Crippen molar-refractivity contribution >= 4 is 17.7 Å². The predicted octanol–water partition coefficient (Wildman–Crippen LogP) is 1.66. The number of nitrogens with one attached hydrogen (secondary N) is 2. The van der Waals surface area contributed by atoms with Crippen LogP contribution in [0.4, 0.5) is 11.8 Å². The zero-order chi connectivity index (χ0) is 18.5. The number of primary amides is 1. The summed E-state index contributed by atoms with van der Waals surface area (Å²) in [6.07, 6.45) is 7.81. The molecule has 1 heterocycles. The summed E-state index contributed by atoms with van der Waals surface area (Å²) in [7, 11) is 0. The number of rotatable bonds is 7. The van der Waals surface area contributed by atoms with E-state index in [4.69, 9.17) is 10.5 Å². The van der Waals surface area contributed by atoms with Gasteiger partial charge >= 0.3 is 0 Å². The molecule has 0 aromatic carbocycles. The Morgan fingerprint density at radius 1 is 1.23 bits per heavy atom. The lowest BCUT2D eigenvalue weighted by Crippen LogP contribution is -2.31. The van der Waals surface area contributed by atoms with Crippen LogP contribution in [0.2, 0.25) is 0 Å². The van der Waals surface area contributed by atoms with Gasteiger partial charge in [-0.1, -0.05) is 0 Å². The van der Waals surface area contributed by atoms with Crippen molar-refractivity contribution in [3.8, 4) is 0 Å². The molecule has 5 N–H and O–H groups in total. The van der Waals surface area contributed by atoms with Gasteiger partial charge in [0.25, 0.3) is 5.91 Å². The second-order valence-electron chi connectivity index (χ2n) is 7.20. The Hall–Kier alpha value is -1.93. The van der Waals surface area contributed by atoms with Crippen molar-refractivity contribution in [1.29, 1.82) is 0 Å². The van der Waals surface area contributed by atoms with Gasteiger partial charge in [-0.25, -0.2) is 4.98 Å². The van der Waals surface area contributed by atoms with Crippen LogP contribution in [0.15, 0.2) is 6.20 Å². The Balaban J connectivity index is 1.64. The predicted molar refractivity (Wildman–Crippen MR) is 99.1 cm³/mol. The number of nitrogens with zero attached hydrogens (tertiary/aromatic N) is 2. The third-order valence-corrected chi connectivity index (χ3v) is 5.21. The number of anilines is 2. The van der Waals surface area contributed by atoms with E-state index in [-0.39, 0.29) is 17.7 Å². The zero-order valence-electron chi connectivity index (χ0n) is 15.3. The molecule has 0 radical (unpaired) electrons. The second kappa shape index (κ2) is 8.64. The maximum absolute atomic E-state index is 11.7. The Kier molecular flexibility index (Phi) is 6.26. The van der Waals surface area contributed by atoms with Crippen LogP contribution in [-0.4, -0.2) is 51.9 Å². The van der Waals surface area contributed by atoms with Gasteiger partial charge in [-0.15, -0.1) is 0 Å². The number of nitrogens with two attached hydrogens (primary N) is 1. The van der Waals surface area contributed by atoms with E-state index in [1.807, 2.05) is 6.92 Å². The first-order valence-electron chi connectivity index (χ1n) is 9.54. The summed E-state index contributed by atoms with van der Waals surface area (Å²) in [5, 5.41) is 16.3. The van der Waals surface area contributed by atoms with E-state index in [0.717, 1.165) is 45.1 Å². The Bertz CT molecular complexity index is 619. The molecule has 1 unspecified atom stereocenters. The van der Waals surface area contributed by atoms with Crippen molar-refractivity contribution in [1.82, 2.24) is 9.97 Å². The molecule has 0 bridgehead atoms. The molecule has 2 atom stereocenters. The molecule has 3 rings (SSSR count). The number of aliphatic hydroxyl groups excluding tert-OH is 1. The number of amides is 1. The van der Waals surface area contributed by atoms with Gasteiger partial charge in [0.1, 0.15) is 5.82 Å². The highest BCUT2D eigenvalue weighted by molar-refractivity contribution is 5.97. The van der Waals surface area contributed by atoms with E-state index in [1.165, 1.54) is 6.20 Å². The normalized spacial score (nSPS) is 28.7. The van der Waals surface area contributed by atoms with Crippen LogP contribution < -0.4 is 16.4 Å². The van der Waals surface area contributed by atoms with Crippen molar-refractivity contribution in [3.63, 3.8) is 0 Å². The molecule has 2 aliphatic rings. The number of aromatic nitrogens is 2. The van der Waals surface area contributed by atoms with Crippen LogP contribution >= 0.6 is 0 Å². The maximum Gasteiger partial charge on any atom is 0.254 e. The molecule has 1 aromatic heterocycles. The Morgan fingerprint density at radius 2 is 1.96 bits per heavy atom. The average Bonchev–Trinajstić information content (AvgIpc) is 3.02. The highest BCUT2D eigenvalue weighted by atomic mass is 16.5. The fourth-order valence-electron chi connectivity index (χ4n) is 3.82. The molecular formula is C18H29N5O3. The van der Waals surface area contributed by atoms with Crippen LogP contribution in [0.5, 0.6) is 0 Å². The molecule has 0 saturated heterocycles. The third kappa shape index (κ3) is 4.82. The molecule has 144 valence electrons. The van der Waals surface area contributed by atoms with Crippen molar-refractivity contribution in [2.45, 2.75) is 76.2 Å². The largest absolute Gasteiger partial charge is 0.393 e. The smallest absolute Gasteiger partial charge is 0.254 e. The average molecular weight is 363 g/mol. The van der Waals surface area contributed by atoms with Crippen molar-refractivity contribution in [2.24, 2.45) is 5.73 Å². The summed E-state index contributed by atoms with van der Waals surface area (Å²) in [5.74, 6) is 0.378. The molecule has 2 aliphatic carbocycles. The first-order chi connectivity index (χ1) is 12.5. The summed E-state index contributed by atoms with van der Waals surface area (Å²) < 4.78 is 5.68. The molecule has 1 amide bonds. The fraction of sp³-hybridized carbons (Fsp3) is 0.722. The van der Waals surface area contributed by atoms with Crippen molar-refractivity contribution in [2.75, 3.05) is 17.2 Å². The molecule has 0 spiro atoms. The van der Waals surface area contributed by atoms with E-state index in [9.17, 15) is 9.90 Å². The standard InChI is InChI=1S/C18H29N5O3/c1-2-26-14-7-4-11(5-8-14)22-18-20-10-15(16(19)25)17(23-18)21-12-3-6-13(24)9-12/h10-14,24H,2-9H2,1H3,(H2,19,25)(H2,20,21,22,23)/t11-,12-,13?,14-/m1/s1. The molecular weight excluding hydrogens is 334 g/mol. The summed E-state index contributed by atoms with van der Waals surface area (Å²) in [5.41, 5.74) is 5.73. The summed E-state index contributed by atoms with van der Waals surface area (Å²) >= 11 is 0. The highest BCUT2D eigenvalue weighted by Crippen LogP contribution is 2.26. The number of hydrogen-bond donors (Lipinski definition) is 4. The van der Waals surface area contributed by atoms with E-state index in [0.29, 0.717) is 30.3 Å². The zero-order valence-corrected chi connectivity index (χ0v) is 15.3.